The fraction of sp³-hybridized carbons (Fsp3) is 0.533. The lowest BCUT2D eigenvalue weighted by Gasteiger charge is -2.07. The van der Waals surface area contributed by atoms with E-state index >= 15 is 0 Å². The van der Waals surface area contributed by atoms with Crippen molar-refractivity contribution < 1.29 is 23.7 Å². The first-order valence-corrected chi connectivity index (χ1v) is 7.94. The number of esters is 1. The van der Waals surface area contributed by atoms with Crippen molar-refractivity contribution in [3.63, 3.8) is 0 Å². The van der Waals surface area contributed by atoms with Gasteiger partial charge in [-0.25, -0.2) is 4.79 Å². The van der Waals surface area contributed by atoms with Crippen LogP contribution in [0.15, 0.2) is 30.3 Å². The Kier molecular flexibility index (Phi) is 11.0. The van der Waals surface area contributed by atoms with E-state index in [4.69, 9.17) is 18.9 Å². The average Bonchev–Trinajstić information content (AvgIpc) is 2.52. The Morgan fingerprint density at radius 1 is 0.905 bits per heavy atom. The maximum Gasteiger partial charge on any atom is 0.332 e. The first kappa shape index (κ1) is 18.1. The zero-order valence-corrected chi connectivity index (χ0v) is 13.5. The monoisotopic (exact) mass is 360 g/mol. The van der Waals surface area contributed by atoms with E-state index < -0.39 is 0 Å². The predicted molar refractivity (Wildman–Crippen MR) is 82.5 cm³/mol. The molecule has 0 saturated heterocycles. The van der Waals surface area contributed by atoms with Crippen molar-refractivity contribution in [1.29, 1.82) is 0 Å². The Hall–Kier alpha value is -0.950. The van der Waals surface area contributed by atoms with E-state index in [1.165, 1.54) is 0 Å². The van der Waals surface area contributed by atoms with Crippen molar-refractivity contribution in [2.75, 3.05) is 45.0 Å². The van der Waals surface area contributed by atoms with Gasteiger partial charge < -0.3 is 18.9 Å². The molecular formula is C15H21BrO5. The summed E-state index contributed by atoms with van der Waals surface area (Å²) in [6.07, 6.45) is 0. The number of benzene rings is 1. The van der Waals surface area contributed by atoms with E-state index in [-0.39, 0.29) is 19.2 Å². The van der Waals surface area contributed by atoms with E-state index in [2.05, 4.69) is 15.9 Å². The summed E-state index contributed by atoms with van der Waals surface area (Å²) in [5.41, 5.74) is 0.956. The second-order valence-corrected chi connectivity index (χ2v) is 4.91. The molecule has 0 fully saturated rings. The van der Waals surface area contributed by atoms with Crippen LogP contribution in [0.1, 0.15) is 5.56 Å². The quantitative estimate of drug-likeness (QED) is 0.325. The van der Waals surface area contributed by atoms with Gasteiger partial charge in [-0.3, -0.25) is 0 Å². The molecule has 1 rings (SSSR count). The molecule has 0 heterocycles. The molecule has 0 atom stereocenters. The summed E-state index contributed by atoms with van der Waals surface area (Å²) < 4.78 is 20.7. The third-order valence-corrected chi connectivity index (χ3v) is 2.75. The van der Waals surface area contributed by atoms with Gasteiger partial charge >= 0.3 is 5.97 Å². The van der Waals surface area contributed by atoms with Gasteiger partial charge in [0.2, 0.25) is 0 Å². The standard InChI is InChI=1S/C15H21BrO5/c16-6-7-18-8-9-19-10-11-20-13-15(17)21-12-14-4-2-1-3-5-14/h1-5H,6-13H2. The van der Waals surface area contributed by atoms with Crippen molar-refractivity contribution in [2.45, 2.75) is 6.61 Å². The van der Waals surface area contributed by atoms with Crippen LogP contribution in [0.2, 0.25) is 0 Å². The molecule has 0 radical (unpaired) electrons. The van der Waals surface area contributed by atoms with Crippen LogP contribution in [0, 0.1) is 0 Å². The number of halogens is 1. The van der Waals surface area contributed by atoms with E-state index in [1.807, 2.05) is 30.3 Å². The van der Waals surface area contributed by atoms with Gasteiger partial charge in [0.25, 0.3) is 0 Å². The van der Waals surface area contributed by atoms with Crippen LogP contribution in [0.5, 0.6) is 0 Å². The van der Waals surface area contributed by atoms with Gasteiger partial charge in [0.05, 0.1) is 33.0 Å². The summed E-state index contributed by atoms with van der Waals surface area (Å²) in [4.78, 5) is 11.4. The maximum atomic E-state index is 11.4. The summed E-state index contributed by atoms with van der Waals surface area (Å²) in [6.45, 7) is 2.76. The zero-order chi connectivity index (χ0) is 15.2. The van der Waals surface area contributed by atoms with Crippen molar-refractivity contribution in [3.05, 3.63) is 35.9 Å². The highest BCUT2D eigenvalue weighted by Crippen LogP contribution is 2.00. The van der Waals surface area contributed by atoms with Crippen LogP contribution in [-0.2, 0) is 30.3 Å². The second-order valence-electron chi connectivity index (χ2n) is 4.11. The highest BCUT2D eigenvalue weighted by Gasteiger charge is 2.03. The summed E-state index contributed by atoms with van der Waals surface area (Å²) in [5, 5.41) is 0.821. The number of hydrogen-bond donors (Lipinski definition) is 0. The summed E-state index contributed by atoms with van der Waals surface area (Å²) in [5.74, 6) is -0.375. The van der Waals surface area contributed by atoms with Crippen LogP contribution >= 0.6 is 15.9 Å². The minimum atomic E-state index is -0.375. The van der Waals surface area contributed by atoms with Crippen LogP contribution in [-0.4, -0.2) is 50.9 Å². The first-order valence-electron chi connectivity index (χ1n) is 6.81. The fourth-order valence-corrected chi connectivity index (χ4v) is 1.66. The fourth-order valence-electron chi connectivity index (χ4n) is 1.43. The predicted octanol–water partition coefficient (Wildman–Crippen LogP) is 2.17. The van der Waals surface area contributed by atoms with E-state index in [1.54, 1.807) is 0 Å². The summed E-state index contributed by atoms with van der Waals surface area (Å²) in [6, 6.07) is 9.52. The molecule has 0 aliphatic carbocycles. The summed E-state index contributed by atoms with van der Waals surface area (Å²) >= 11 is 3.26. The average molecular weight is 361 g/mol. The van der Waals surface area contributed by atoms with Gasteiger partial charge in [0, 0.05) is 5.33 Å². The molecule has 0 aliphatic rings. The van der Waals surface area contributed by atoms with Gasteiger partial charge in [-0.05, 0) is 5.56 Å². The Labute approximate surface area is 133 Å². The van der Waals surface area contributed by atoms with E-state index in [9.17, 15) is 4.79 Å². The van der Waals surface area contributed by atoms with Crippen molar-refractivity contribution in [3.8, 4) is 0 Å². The minimum absolute atomic E-state index is 0.0592. The molecule has 0 spiro atoms. The number of rotatable bonds is 12. The number of carbonyl (C=O) groups excluding carboxylic acids is 1. The molecule has 0 unspecified atom stereocenters. The normalized spacial score (nSPS) is 10.5. The molecular weight excluding hydrogens is 340 g/mol. The minimum Gasteiger partial charge on any atom is -0.459 e. The van der Waals surface area contributed by atoms with Gasteiger partial charge in [0.1, 0.15) is 13.2 Å². The van der Waals surface area contributed by atoms with Crippen LogP contribution in [0.25, 0.3) is 0 Å². The number of carbonyl (C=O) groups is 1. The maximum absolute atomic E-state index is 11.4. The SMILES string of the molecule is O=C(COCCOCCOCCBr)OCc1ccccc1. The van der Waals surface area contributed by atoms with E-state index in [0.717, 1.165) is 10.9 Å². The molecule has 0 N–H and O–H groups in total. The summed E-state index contributed by atoms with van der Waals surface area (Å²) in [7, 11) is 0. The van der Waals surface area contributed by atoms with Crippen molar-refractivity contribution in [1.82, 2.24) is 0 Å². The van der Waals surface area contributed by atoms with Crippen molar-refractivity contribution >= 4 is 21.9 Å². The lowest BCUT2D eigenvalue weighted by molar-refractivity contribution is -0.150. The number of alkyl halides is 1. The molecule has 0 aromatic heterocycles. The van der Waals surface area contributed by atoms with E-state index in [0.29, 0.717) is 33.0 Å². The highest BCUT2D eigenvalue weighted by atomic mass is 79.9. The number of hydrogen-bond acceptors (Lipinski definition) is 5. The molecule has 0 saturated carbocycles. The lowest BCUT2D eigenvalue weighted by Crippen LogP contribution is -2.16. The molecule has 21 heavy (non-hydrogen) atoms. The van der Waals surface area contributed by atoms with Crippen LogP contribution in [0.4, 0.5) is 0 Å². The van der Waals surface area contributed by atoms with Gasteiger partial charge in [-0.2, -0.15) is 0 Å². The Bertz CT molecular complexity index is 372. The Morgan fingerprint density at radius 3 is 2.19 bits per heavy atom. The van der Waals surface area contributed by atoms with Crippen LogP contribution < -0.4 is 0 Å². The largest absolute Gasteiger partial charge is 0.459 e. The third-order valence-electron chi connectivity index (χ3n) is 2.43. The van der Waals surface area contributed by atoms with Gasteiger partial charge in [-0.15, -0.1) is 0 Å². The first-order chi connectivity index (χ1) is 10.3. The lowest BCUT2D eigenvalue weighted by atomic mass is 10.2. The molecule has 0 bridgehead atoms. The molecule has 118 valence electrons. The molecule has 0 amide bonds. The van der Waals surface area contributed by atoms with Gasteiger partial charge in [0.15, 0.2) is 0 Å². The molecule has 1 aromatic rings. The molecule has 1 aromatic carbocycles. The zero-order valence-electron chi connectivity index (χ0n) is 12.0. The molecule has 6 heteroatoms. The Balaban J connectivity index is 1.89. The Morgan fingerprint density at radius 2 is 1.52 bits per heavy atom. The molecule has 0 aliphatic heterocycles. The third kappa shape index (κ3) is 10.4. The number of ether oxygens (including phenoxy) is 4. The second kappa shape index (κ2) is 12.8. The highest BCUT2D eigenvalue weighted by molar-refractivity contribution is 9.09. The van der Waals surface area contributed by atoms with Crippen molar-refractivity contribution in [2.24, 2.45) is 0 Å². The topological polar surface area (TPSA) is 54.0 Å². The van der Waals surface area contributed by atoms with Gasteiger partial charge in [-0.1, -0.05) is 46.3 Å². The van der Waals surface area contributed by atoms with Crippen LogP contribution in [0.3, 0.4) is 0 Å². The molecule has 5 nitrogen and oxygen atoms in total. The smallest absolute Gasteiger partial charge is 0.332 e.